The molecule has 0 aliphatic rings. The van der Waals surface area contributed by atoms with Gasteiger partial charge in [0.2, 0.25) is 5.82 Å². The van der Waals surface area contributed by atoms with Gasteiger partial charge in [0.1, 0.15) is 6.61 Å². The average Bonchev–Trinajstić information content (AvgIpc) is 2.44. The molecule has 0 spiro atoms. The normalized spacial score (nSPS) is 10.3. The van der Waals surface area contributed by atoms with Crippen LogP contribution in [0.5, 0.6) is 11.5 Å². The second-order valence-corrected chi connectivity index (χ2v) is 4.75. The Morgan fingerprint density at radius 2 is 1.79 bits per heavy atom. The fourth-order valence-electron chi connectivity index (χ4n) is 1.64. The summed E-state index contributed by atoms with van der Waals surface area (Å²) in [5.41, 5.74) is 0.989. The fraction of sp³-hybridized carbons (Fsp3) is 0.200. The first kappa shape index (κ1) is 13.9. The molecule has 100 valence electrons. The lowest BCUT2D eigenvalue weighted by molar-refractivity contribution is 0.273. The lowest BCUT2D eigenvalue weighted by Gasteiger charge is -2.12. The Morgan fingerprint density at radius 3 is 2.47 bits per heavy atom. The van der Waals surface area contributed by atoms with Gasteiger partial charge in [-0.05, 0) is 40.5 Å². The molecule has 0 amide bonds. The molecule has 0 radical (unpaired) electrons. The highest BCUT2D eigenvalue weighted by atomic mass is 79.9. The van der Waals surface area contributed by atoms with Crippen molar-refractivity contribution in [3.05, 3.63) is 58.3 Å². The van der Waals surface area contributed by atoms with Crippen LogP contribution in [0.4, 0.5) is 4.39 Å². The minimum atomic E-state index is -0.479. The maximum Gasteiger partial charge on any atom is 0.208 e. The van der Waals surface area contributed by atoms with Crippen LogP contribution in [0.3, 0.4) is 0 Å². The second kappa shape index (κ2) is 6.57. The maximum atomic E-state index is 14.1. The zero-order chi connectivity index (χ0) is 13.7. The first-order valence-electron chi connectivity index (χ1n) is 6.00. The topological polar surface area (TPSA) is 18.5 Å². The lowest BCUT2D eigenvalue weighted by Crippen LogP contribution is -2.01. The van der Waals surface area contributed by atoms with E-state index in [0.29, 0.717) is 17.7 Å². The van der Waals surface area contributed by atoms with E-state index in [1.54, 1.807) is 12.1 Å². The van der Waals surface area contributed by atoms with Crippen LogP contribution in [0, 0.1) is 5.82 Å². The summed E-state index contributed by atoms with van der Waals surface area (Å²) < 4.78 is 25.5. The molecule has 0 saturated heterocycles. The molecular formula is C15H14BrFO2. The summed E-state index contributed by atoms with van der Waals surface area (Å²) in [7, 11) is 0. The Bertz CT molecular complexity index is 543. The van der Waals surface area contributed by atoms with E-state index in [4.69, 9.17) is 9.47 Å². The number of benzene rings is 2. The Hall–Kier alpha value is -1.55. The summed E-state index contributed by atoms with van der Waals surface area (Å²) in [4.78, 5) is 0. The summed E-state index contributed by atoms with van der Waals surface area (Å²) >= 11 is 3.26. The van der Waals surface area contributed by atoms with Gasteiger partial charge in [-0.3, -0.25) is 0 Å². The number of hydrogen-bond acceptors (Lipinski definition) is 2. The monoisotopic (exact) mass is 324 g/mol. The third-order valence-corrected chi connectivity index (χ3v) is 3.16. The van der Waals surface area contributed by atoms with Crippen LogP contribution in [0.1, 0.15) is 12.5 Å². The molecule has 0 heterocycles. The Labute approximate surface area is 120 Å². The van der Waals surface area contributed by atoms with Crippen molar-refractivity contribution in [2.75, 3.05) is 6.61 Å². The third-order valence-electron chi connectivity index (χ3n) is 2.54. The van der Waals surface area contributed by atoms with Crippen molar-refractivity contribution in [1.82, 2.24) is 0 Å². The number of ether oxygens (including phenoxy) is 2. The summed E-state index contributed by atoms with van der Waals surface area (Å²) in [6.45, 7) is 2.53. The highest BCUT2D eigenvalue weighted by Crippen LogP contribution is 2.34. The van der Waals surface area contributed by atoms with E-state index in [1.165, 1.54) is 0 Å². The van der Waals surface area contributed by atoms with Crippen molar-refractivity contribution >= 4 is 15.9 Å². The largest absolute Gasteiger partial charge is 0.489 e. The van der Waals surface area contributed by atoms with Gasteiger partial charge in [-0.15, -0.1) is 0 Å². The van der Waals surface area contributed by atoms with E-state index >= 15 is 0 Å². The maximum absolute atomic E-state index is 14.1. The molecule has 2 rings (SSSR count). The number of halogens is 2. The van der Waals surface area contributed by atoms with Gasteiger partial charge in [-0.25, -0.2) is 0 Å². The molecule has 0 saturated carbocycles. The number of hydrogen-bond donors (Lipinski definition) is 0. The van der Waals surface area contributed by atoms with Crippen molar-refractivity contribution < 1.29 is 13.9 Å². The summed E-state index contributed by atoms with van der Waals surface area (Å²) in [6.07, 6.45) is 0. The van der Waals surface area contributed by atoms with Crippen molar-refractivity contribution in [2.24, 2.45) is 0 Å². The van der Waals surface area contributed by atoms with E-state index in [1.807, 2.05) is 37.3 Å². The van der Waals surface area contributed by atoms with E-state index in [0.717, 1.165) is 5.56 Å². The zero-order valence-electron chi connectivity index (χ0n) is 10.5. The molecule has 0 aromatic heterocycles. The average molecular weight is 325 g/mol. The lowest BCUT2D eigenvalue weighted by atomic mass is 10.2. The minimum Gasteiger partial charge on any atom is -0.489 e. The molecule has 0 fully saturated rings. The molecule has 2 nitrogen and oxygen atoms in total. The van der Waals surface area contributed by atoms with Gasteiger partial charge >= 0.3 is 0 Å². The highest BCUT2D eigenvalue weighted by molar-refractivity contribution is 9.10. The Kier molecular flexibility index (Phi) is 4.80. The molecule has 0 aliphatic carbocycles. The van der Waals surface area contributed by atoms with E-state index < -0.39 is 5.82 Å². The molecule has 0 unspecified atom stereocenters. The van der Waals surface area contributed by atoms with Gasteiger partial charge in [-0.2, -0.15) is 4.39 Å². The second-order valence-electron chi connectivity index (χ2n) is 3.90. The van der Waals surface area contributed by atoms with Crippen LogP contribution in [0.2, 0.25) is 0 Å². The van der Waals surface area contributed by atoms with E-state index in [-0.39, 0.29) is 11.5 Å². The van der Waals surface area contributed by atoms with Crippen LogP contribution >= 0.6 is 15.9 Å². The number of rotatable bonds is 5. The van der Waals surface area contributed by atoms with Crippen molar-refractivity contribution in [1.29, 1.82) is 0 Å². The summed E-state index contributed by atoms with van der Waals surface area (Å²) in [6, 6.07) is 12.9. The van der Waals surface area contributed by atoms with Crippen molar-refractivity contribution in [3.63, 3.8) is 0 Å². The minimum absolute atomic E-state index is 0.188. The SMILES string of the molecule is CCOc1c(Br)ccc(OCc2ccccc2)c1F. The smallest absolute Gasteiger partial charge is 0.208 e. The standard InChI is InChI=1S/C15H14BrFO2/c1-2-18-15-12(16)8-9-13(14(15)17)19-10-11-6-4-3-5-7-11/h3-9H,2,10H2,1H3. The van der Waals surface area contributed by atoms with Crippen LogP contribution in [-0.2, 0) is 6.61 Å². The first-order valence-corrected chi connectivity index (χ1v) is 6.79. The first-order chi connectivity index (χ1) is 9.22. The summed E-state index contributed by atoms with van der Waals surface area (Å²) in [5.74, 6) is -0.101. The van der Waals surface area contributed by atoms with Crippen molar-refractivity contribution in [2.45, 2.75) is 13.5 Å². The zero-order valence-corrected chi connectivity index (χ0v) is 12.1. The van der Waals surface area contributed by atoms with Gasteiger partial charge in [0, 0.05) is 0 Å². The van der Waals surface area contributed by atoms with Crippen LogP contribution < -0.4 is 9.47 Å². The molecule has 4 heteroatoms. The van der Waals surface area contributed by atoms with Gasteiger partial charge in [0.15, 0.2) is 11.5 Å². The van der Waals surface area contributed by atoms with Crippen molar-refractivity contribution in [3.8, 4) is 11.5 Å². The molecule has 2 aromatic rings. The van der Waals surface area contributed by atoms with Crippen LogP contribution in [0.15, 0.2) is 46.9 Å². The Balaban J connectivity index is 2.15. The van der Waals surface area contributed by atoms with Gasteiger partial charge < -0.3 is 9.47 Å². The molecule has 0 N–H and O–H groups in total. The molecular weight excluding hydrogens is 311 g/mol. The van der Waals surface area contributed by atoms with Gasteiger partial charge in [0.05, 0.1) is 11.1 Å². The van der Waals surface area contributed by atoms with Crippen LogP contribution in [0.25, 0.3) is 0 Å². The molecule has 0 aliphatic heterocycles. The quantitative estimate of drug-likeness (QED) is 0.802. The van der Waals surface area contributed by atoms with Gasteiger partial charge in [0.25, 0.3) is 0 Å². The predicted molar refractivity (Wildman–Crippen MR) is 76.0 cm³/mol. The third kappa shape index (κ3) is 3.47. The fourth-order valence-corrected chi connectivity index (χ4v) is 2.06. The van der Waals surface area contributed by atoms with E-state index in [9.17, 15) is 4.39 Å². The Morgan fingerprint density at radius 1 is 1.05 bits per heavy atom. The predicted octanol–water partition coefficient (Wildman–Crippen LogP) is 4.57. The van der Waals surface area contributed by atoms with E-state index in [2.05, 4.69) is 15.9 Å². The molecule has 0 bridgehead atoms. The summed E-state index contributed by atoms with van der Waals surface area (Å²) in [5, 5.41) is 0. The molecule has 19 heavy (non-hydrogen) atoms. The van der Waals surface area contributed by atoms with Gasteiger partial charge in [-0.1, -0.05) is 30.3 Å². The van der Waals surface area contributed by atoms with Crippen LogP contribution in [-0.4, -0.2) is 6.61 Å². The molecule has 2 aromatic carbocycles. The molecule has 0 atom stereocenters. The highest BCUT2D eigenvalue weighted by Gasteiger charge is 2.14.